The minimum Gasteiger partial charge on any atom is -0.384 e. The summed E-state index contributed by atoms with van der Waals surface area (Å²) in [5.41, 5.74) is 0.787. The number of halogens is 2. The van der Waals surface area contributed by atoms with Crippen LogP contribution in [-0.2, 0) is 10.0 Å². The molecule has 0 aromatic heterocycles. The van der Waals surface area contributed by atoms with Crippen molar-refractivity contribution in [1.29, 1.82) is 0 Å². The van der Waals surface area contributed by atoms with Gasteiger partial charge in [0.25, 0.3) is 0 Å². The maximum Gasteiger partial charge on any atom is 0.210 e. The van der Waals surface area contributed by atoms with Crippen LogP contribution in [0.2, 0.25) is 5.02 Å². The third-order valence-electron chi connectivity index (χ3n) is 1.64. The highest BCUT2D eigenvalue weighted by molar-refractivity contribution is 9.10. The van der Waals surface area contributed by atoms with Gasteiger partial charge in [-0.15, -0.1) is 0 Å². The molecule has 0 aliphatic rings. The Morgan fingerprint density at radius 3 is 2.67 bits per heavy atom. The van der Waals surface area contributed by atoms with Crippen molar-refractivity contribution in [3.8, 4) is 0 Å². The third-order valence-corrected chi connectivity index (χ3v) is 3.62. The molecule has 1 aromatic carbocycles. The molecule has 0 aliphatic carbocycles. The lowest BCUT2D eigenvalue weighted by Crippen LogP contribution is -2.22. The van der Waals surface area contributed by atoms with Gasteiger partial charge in [0.2, 0.25) is 10.0 Å². The first-order chi connectivity index (χ1) is 6.88. The van der Waals surface area contributed by atoms with Crippen LogP contribution in [0.15, 0.2) is 22.7 Å². The number of anilines is 1. The van der Waals surface area contributed by atoms with Crippen LogP contribution in [0.25, 0.3) is 0 Å². The van der Waals surface area contributed by atoms with Crippen LogP contribution in [0.1, 0.15) is 0 Å². The average molecular weight is 314 g/mol. The molecule has 0 fully saturated rings. The predicted octanol–water partition coefficient (Wildman–Crippen LogP) is 1.80. The van der Waals surface area contributed by atoms with Gasteiger partial charge in [0.1, 0.15) is 0 Å². The summed E-state index contributed by atoms with van der Waals surface area (Å²) in [7, 11) is -3.41. The van der Waals surface area contributed by atoms with Crippen molar-refractivity contribution in [3.63, 3.8) is 0 Å². The number of primary sulfonamides is 1. The molecule has 3 N–H and O–H groups in total. The summed E-state index contributed by atoms with van der Waals surface area (Å²) in [6.45, 7) is 0.271. The van der Waals surface area contributed by atoms with Crippen molar-refractivity contribution in [2.24, 2.45) is 5.14 Å². The Labute approximate surface area is 102 Å². The lowest BCUT2D eigenvalue weighted by molar-refractivity contribution is 0.598. The Morgan fingerprint density at radius 1 is 1.47 bits per heavy atom. The Kier molecular flexibility index (Phi) is 4.39. The molecule has 1 rings (SSSR count). The monoisotopic (exact) mass is 312 g/mol. The highest BCUT2D eigenvalue weighted by Gasteiger charge is 2.02. The van der Waals surface area contributed by atoms with Crippen molar-refractivity contribution >= 4 is 43.2 Å². The van der Waals surface area contributed by atoms with Gasteiger partial charge in [0.15, 0.2) is 0 Å². The standard InChI is InChI=1S/C8H10BrClN2O2S/c9-7-5-6(1-2-8(7)10)12-3-4-15(11,13)14/h1-2,5,12H,3-4H2,(H2,11,13,14). The fourth-order valence-electron chi connectivity index (χ4n) is 0.944. The number of sulfonamides is 1. The van der Waals surface area contributed by atoms with Crippen LogP contribution in [0.3, 0.4) is 0 Å². The Hall–Kier alpha value is -0.300. The lowest BCUT2D eigenvalue weighted by Gasteiger charge is -2.06. The zero-order chi connectivity index (χ0) is 11.5. The number of hydrogen-bond donors (Lipinski definition) is 2. The summed E-state index contributed by atoms with van der Waals surface area (Å²) in [5.74, 6) is -0.104. The van der Waals surface area contributed by atoms with E-state index in [2.05, 4.69) is 21.2 Å². The van der Waals surface area contributed by atoms with E-state index in [0.29, 0.717) is 5.02 Å². The van der Waals surface area contributed by atoms with Gasteiger partial charge in [-0.3, -0.25) is 0 Å². The predicted molar refractivity (Wildman–Crippen MR) is 65.6 cm³/mol. The number of nitrogens with one attached hydrogen (secondary N) is 1. The average Bonchev–Trinajstić information content (AvgIpc) is 2.09. The summed E-state index contributed by atoms with van der Waals surface area (Å²) in [4.78, 5) is 0. The first-order valence-corrected chi connectivity index (χ1v) is 6.96. The topological polar surface area (TPSA) is 72.2 Å². The summed E-state index contributed by atoms with van der Waals surface area (Å²) < 4.78 is 22.1. The van der Waals surface area contributed by atoms with Gasteiger partial charge < -0.3 is 5.32 Å². The van der Waals surface area contributed by atoms with Crippen molar-refractivity contribution in [3.05, 3.63) is 27.7 Å². The molecule has 4 nitrogen and oxygen atoms in total. The van der Waals surface area contributed by atoms with Gasteiger partial charge in [-0.2, -0.15) is 0 Å². The molecule has 0 saturated carbocycles. The fourth-order valence-corrected chi connectivity index (χ4v) is 1.83. The molecule has 0 atom stereocenters. The largest absolute Gasteiger partial charge is 0.384 e. The smallest absolute Gasteiger partial charge is 0.210 e. The second-order valence-corrected chi connectivity index (χ2v) is 5.92. The van der Waals surface area contributed by atoms with E-state index in [1.807, 2.05) is 0 Å². The van der Waals surface area contributed by atoms with Crippen molar-refractivity contribution < 1.29 is 8.42 Å². The molecular weight excluding hydrogens is 304 g/mol. The highest BCUT2D eigenvalue weighted by atomic mass is 79.9. The van der Waals surface area contributed by atoms with Crippen LogP contribution in [0.4, 0.5) is 5.69 Å². The Bertz CT molecular complexity index is 450. The zero-order valence-electron chi connectivity index (χ0n) is 7.70. The van der Waals surface area contributed by atoms with Gasteiger partial charge in [-0.05, 0) is 34.1 Å². The third kappa shape index (κ3) is 4.83. The van der Waals surface area contributed by atoms with Crippen LogP contribution < -0.4 is 10.5 Å². The molecule has 0 amide bonds. The molecule has 7 heteroatoms. The van der Waals surface area contributed by atoms with E-state index in [0.717, 1.165) is 10.2 Å². The summed E-state index contributed by atoms with van der Waals surface area (Å²) in [6, 6.07) is 5.24. The molecule has 15 heavy (non-hydrogen) atoms. The quantitative estimate of drug-likeness (QED) is 0.890. The van der Waals surface area contributed by atoms with Crippen LogP contribution in [-0.4, -0.2) is 20.7 Å². The van der Waals surface area contributed by atoms with Crippen LogP contribution in [0.5, 0.6) is 0 Å². The van der Waals surface area contributed by atoms with Gasteiger partial charge in [0.05, 0.1) is 10.8 Å². The molecule has 1 aromatic rings. The maximum atomic E-state index is 10.6. The Balaban J connectivity index is 2.55. The first-order valence-electron chi connectivity index (χ1n) is 4.08. The molecule has 0 radical (unpaired) electrons. The molecule has 84 valence electrons. The molecule has 0 spiro atoms. The molecule has 0 heterocycles. The minimum absolute atomic E-state index is 0.104. The summed E-state index contributed by atoms with van der Waals surface area (Å²) >= 11 is 9.06. The van der Waals surface area contributed by atoms with Gasteiger partial charge in [0, 0.05) is 16.7 Å². The lowest BCUT2D eigenvalue weighted by atomic mass is 10.3. The zero-order valence-corrected chi connectivity index (χ0v) is 10.9. The number of benzene rings is 1. The minimum atomic E-state index is -3.41. The second kappa shape index (κ2) is 5.16. The SMILES string of the molecule is NS(=O)(=O)CCNc1ccc(Cl)c(Br)c1. The maximum absolute atomic E-state index is 10.6. The van der Waals surface area contributed by atoms with Gasteiger partial charge >= 0.3 is 0 Å². The van der Waals surface area contributed by atoms with E-state index in [-0.39, 0.29) is 12.3 Å². The molecule has 0 aliphatic heterocycles. The van der Waals surface area contributed by atoms with Crippen molar-refractivity contribution in [2.45, 2.75) is 0 Å². The van der Waals surface area contributed by atoms with E-state index in [9.17, 15) is 8.42 Å². The number of rotatable bonds is 4. The number of nitrogens with two attached hydrogens (primary N) is 1. The van der Waals surface area contributed by atoms with Crippen molar-refractivity contribution in [1.82, 2.24) is 0 Å². The van der Waals surface area contributed by atoms with Crippen LogP contribution >= 0.6 is 27.5 Å². The molecule has 0 saturated heterocycles. The van der Waals surface area contributed by atoms with E-state index in [1.165, 1.54) is 0 Å². The Morgan fingerprint density at radius 2 is 2.13 bits per heavy atom. The van der Waals surface area contributed by atoms with Crippen LogP contribution in [0, 0.1) is 0 Å². The van der Waals surface area contributed by atoms with E-state index in [1.54, 1.807) is 18.2 Å². The second-order valence-electron chi connectivity index (χ2n) is 2.92. The van der Waals surface area contributed by atoms with Crippen molar-refractivity contribution in [2.75, 3.05) is 17.6 Å². The fraction of sp³-hybridized carbons (Fsp3) is 0.250. The van der Waals surface area contributed by atoms with Gasteiger partial charge in [-0.1, -0.05) is 11.6 Å². The van der Waals surface area contributed by atoms with E-state index < -0.39 is 10.0 Å². The highest BCUT2D eigenvalue weighted by Crippen LogP contribution is 2.25. The summed E-state index contributed by atoms with van der Waals surface area (Å²) in [6.07, 6.45) is 0. The van der Waals surface area contributed by atoms with E-state index in [4.69, 9.17) is 16.7 Å². The number of hydrogen-bond acceptors (Lipinski definition) is 3. The molecule has 0 bridgehead atoms. The van der Waals surface area contributed by atoms with Gasteiger partial charge in [-0.25, -0.2) is 13.6 Å². The van der Waals surface area contributed by atoms with E-state index >= 15 is 0 Å². The molecule has 0 unspecified atom stereocenters. The molecular formula is C8H10BrClN2O2S. The normalized spacial score (nSPS) is 11.4. The first kappa shape index (κ1) is 12.8. The summed E-state index contributed by atoms with van der Waals surface area (Å²) in [5, 5.41) is 8.38.